The van der Waals surface area contributed by atoms with Crippen LogP contribution in [0.2, 0.25) is 0 Å². The molecule has 2 fully saturated rings. The van der Waals surface area contributed by atoms with Gasteiger partial charge in [0.15, 0.2) is 4.34 Å². The van der Waals surface area contributed by atoms with Crippen LogP contribution in [0.4, 0.5) is 5.13 Å². The van der Waals surface area contributed by atoms with Crippen LogP contribution in [-0.2, 0) is 4.79 Å². The van der Waals surface area contributed by atoms with E-state index in [4.69, 9.17) is 0 Å². The van der Waals surface area contributed by atoms with E-state index in [9.17, 15) is 4.79 Å². The largest absolute Gasteiger partial charge is 0.357 e. The summed E-state index contributed by atoms with van der Waals surface area (Å²) in [7, 11) is 0. The van der Waals surface area contributed by atoms with E-state index in [1.165, 1.54) is 50.3 Å². The van der Waals surface area contributed by atoms with Gasteiger partial charge in [-0.3, -0.25) is 4.79 Å². The molecule has 0 unspecified atom stereocenters. The zero-order valence-electron chi connectivity index (χ0n) is 14.5. The zero-order chi connectivity index (χ0) is 16.8. The van der Waals surface area contributed by atoms with Crippen LogP contribution < -0.4 is 5.32 Å². The fourth-order valence-corrected chi connectivity index (χ4v) is 5.42. The molecule has 3 rings (SSSR count). The number of piperidine rings is 1. The molecule has 1 aliphatic heterocycles. The number of carbonyl (C=O) groups excluding carboxylic acids is 1. The Morgan fingerprint density at radius 3 is 2.79 bits per heavy atom. The van der Waals surface area contributed by atoms with Gasteiger partial charge in [0.2, 0.25) is 11.0 Å². The van der Waals surface area contributed by atoms with E-state index in [-0.39, 0.29) is 5.91 Å². The van der Waals surface area contributed by atoms with Gasteiger partial charge in [-0.2, -0.15) is 0 Å². The number of nitrogens with one attached hydrogen (secondary N) is 1. The average molecular weight is 369 g/mol. The lowest BCUT2D eigenvalue weighted by Crippen LogP contribution is -2.44. The van der Waals surface area contributed by atoms with Crippen molar-refractivity contribution in [2.24, 2.45) is 0 Å². The minimum Gasteiger partial charge on any atom is -0.357 e. The smallest absolute Gasteiger partial charge is 0.233 e. The number of anilines is 1. The van der Waals surface area contributed by atoms with Crippen molar-refractivity contribution in [1.29, 1.82) is 0 Å². The Morgan fingerprint density at radius 1 is 1.21 bits per heavy atom. The van der Waals surface area contributed by atoms with E-state index < -0.39 is 0 Å². The van der Waals surface area contributed by atoms with E-state index in [1.54, 1.807) is 11.3 Å². The molecular weight excluding hydrogens is 340 g/mol. The second-order valence-electron chi connectivity index (χ2n) is 6.79. The molecule has 1 aliphatic carbocycles. The van der Waals surface area contributed by atoms with Crippen LogP contribution in [0.15, 0.2) is 4.34 Å². The summed E-state index contributed by atoms with van der Waals surface area (Å²) in [4.78, 5) is 14.6. The van der Waals surface area contributed by atoms with Crippen molar-refractivity contribution < 1.29 is 4.79 Å². The molecule has 0 spiro atoms. The summed E-state index contributed by atoms with van der Waals surface area (Å²) in [6.07, 6.45) is 11.0. The Bertz CT molecular complexity index is 530. The first-order valence-corrected chi connectivity index (χ1v) is 11.1. The predicted molar refractivity (Wildman–Crippen MR) is 101 cm³/mol. The molecule has 1 saturated heterocycles. The lowest BCUT2D eigenvalue weighted by molar-refractivity contribution is -0.132. The minimum atomic E-state index is 0.253. The molecule has 1 amide bonds. The fraction of sp³-hybridized carbons (Fsp3) is 0.824. The van der Waals surface area contributed by atoms with Crippen LogP contribution >= 0.6 is 23.1 Å². The highest BCUT2D eigenvalue weighted by molar-refractivity contribution is 8.01. The van der Waals surface area contributed by atoms with Gasteiger partial charge >= 0.3 is 0 Å². The molecule has 1 N–H and O–H groups in total. The highest BCUT2D eigenvalue weighted by atomic mass is 32.2. The molecular formula is C17H28N4OS2. The average Bonchev–Trinajstić information content (AvgIpc) is 3.08. The lowest BCUT2D eigenvalue weighted by Gasteiger charge is -2.35. The maximum absolute atomic E-state index is 12.5. The Kier molecular flexibility index (Phi) is 6.77. The highest BCUT2D eigenvalue weighted by Crippen LogP contribution is 2.29. The quantitative estimate of drug-likeness (QED) is 0.764. The third-order valence-electron chi connectivity index (χ3n) is 5.08. The summed E-state index contributed by atoms with van der Waals surface area (Å²) in [5.41, 5.74) is 0. The van der Waals surface area contributed by atoms with Gasteiger partial charge in [0.1, 0.15) is 0 Å². The molecule has 1 aromatic heterocycles. The van der Waals surface area contributed by atoms with Gasteiger partial charge in [-0.15, -0.1) is 10.2 Å². The van der Waals surface area contributed by atoms with Crippen molar-refractivity contribution in [2.45, 2.75) is 81.1 Å². The number of carbonyl (C=O) groups is 1. The van der Waals surface area contributed by atoms with Crippen LogP contribution in [0.25, 0.3) is 0 Å². The second kappa shape index (κ2) is 9.04. The molecule has 2 aliphatic rings. The van der Waals surface area contributed by atoms with Gasteiger partial charge in [0.05, 0.1) is 5.75 Å². The SMILES string of the molecule is CC[C@H]1CCCCN1C(=O)CSc1nnc(NC2CCCCC2)s1. The van der Waals surface area contributed by atoms with Crippen LogP contribution in [0, 0.1) is 0 Å². The molecule has 0 radical (unpaired) electrons. The van der Waals surface area contributed by atoms with Crippen LogP contribution in [0.5, 0.6) is 0 Å². The number of hydrogen-bond acceptors (Lipinski definition) is 6. The number of nitrogens with zero attached hydrogens (tertiary/aromatic N) is 3. The van der Waals surface area contributed by atoms with E-state index in [1.807, 2.05) is 0 Å². The number of likely N-dealkylation sites (tertiary alicyclic amines) is 1. The number of amides is 1. The van der Waals surface area contributed by atoms with Crippen molar-refractivity contribution in [3.05, 3.63) is 0 Å². The summed E-state index contributed by atoms with van der Waals surface area (Å²) >= 11 is 3.11. The summed E-state index contributed by atoms with van der Waals surface area (Å²) in [6.45, 7) is 3.10. The van der Waals surface area contributed by atoms with Crippen molar-refractivity contribution in [2.75, 3.05) is 17.6 Å². The molecule has 1 atom stereocenters. The second-order valence-corrected chi connectivity index (χ2v) is 8.99. The molecule has 134 valence electrons. The van der Waals surface area contributed by atoms with E-state index >= 15 is 0 Å². The van der Waals surface area contributed by atoms with Crippen molar-refractivity contribution in [3.63, 3.8) is 0 Å². The number of aromatic nitrogens is 2. The molecule has 0 bridgehead atoms. The first-order valence-electron chi connectivity index (χ1n) is 9.28. The molecule has 2 heterocycles. The molecule has 1 saturated carbocycles. The number of thioether (sulfide) groups is 1. The third-order valence-corrected chi connectivity index (χ3v) is 7.05. The van der Waals surface area contributed by atoms with E-state index in [0.717, 1.165) is 35.3 Å². The molecule has 24 heavy (non-hydrogen) atoms. The predicted octanol–water partition coefficient (Wildman–Crippen LogP) is 4.17. The van der Waals surface area contributed by atoms with Gasteiger partial charge in [-0.25, -0.2) is 0 Å². The summed E-state index contributed by atoms with van der Waals surface area (Å²) in [5, 5.41) is 12.9. The fourth-order valence-electron chi connectivity index (χ4n) is 3.71. The third kappa shape index (κ3) is 4.85. The molecule has 5 nitrogen and oxygen atoms in total. The van der Waals surface area contributed by atoms with Gasteiger partial charge in [0, 0.05) is 18.6 Å². The van der Waals surface area contributed by atoms with Gasteiger partial charge < -0.3 is 10.2 Å². The standard InChI is InChI=1S/C17H28N4OS2/c1-2-14-10-6-7-11-21(14)15(22)12-23-17-20-19-16(24-17)18-13-8-4-3-5-9-13/h13-14H,2-12H2,1H3,(H,18,19)/t14-/m0/s1. The maximum atomic E-state index is 12.5. The van der Waals surface area contributed by atoms with Crippen LogP contribution in [-0.4, -0.2) is 45.4 Å². The number of hydrogen-bond donors (Lipinski definition) is 1. The molecule has 1 aromatic rings. The van der Waals surface area contributed by atoms with E-state index in [0.29, 0.717) is 17.8 Å². The monoisotopic (exact) mass is 368 g/mol. The topological polar surface area (TPSA) is 58.1 Å². The summed E-state index contributed by atoms with van der Waals surface area (Å²) < 4.78 is 0.895. The normalized spacial score (nSPS) is 22.5. The Morgan fingerprint density at radius 2 is 2.00 bits per heavy atom. The molecule has 0 aromatic carbocycles. The zero-order valence-corrected chi connectivity index (χ0v) is 16.1. The summed E-state index contributed by atoms with van der Waals surface area (Å²) in [6, 6.07) is 0.981. The van der Waals surface area contributed by atoms with Crippen molar-refractivity contribution >= 4 is 34.1 Å². The lowest BCUT2D eigenvalue weighted by atomic mass is 9.96. The number of rotatable bonds is 6. The maximum Gasteiger partial charge on any atom is 0.233 e. The molecule has 7 heteroatoms. The van der Waals surface area contributed by atoms with Crippen LogP contribution in [0.3, 0.4) is 0 Å². The van der Waals surface area contributed by atoms with Gasteiger partial charge in [-0.05, 0) is 38.5 Å². The minimum absolute atomic E-state index is 0.253. The van der Waals surface area contributed by atoms with E-state index in [2.05, 4.69) is 27.3 Å². The van der Waals surface area contributed by atoms with Crippen LogP contribution in [0.1, 0.15) is 64.7 Å². The Labute approximate surface area is 153 Å². The van der Waals surface area contributed by atoms with Crippen molar-refractivity contribution in [3.8, 4) is 0 Å². The first kappa shape index (κ1) is 18.0. The Hall–Kier alpha value is -0.820. The highest BCUT2D eigenvalue weighted by Gasteiger charge is 2.25. The van der Waals surface area contributed by atoms with Gasteiger partial charge in [-0.1, -0.05) is 49.3 Å². The summed E-state index contributed by atoms with van der Waals surface area (Å²) in [5.74, 6) is 0.734. The van der Waals surface area contributed by atoms with Gasteiger partial charge in [0.25, 0.3) is 0 Å². The first-order chi connectivity index (χ1) is 11.8. The Balaban J connectivity index is 1.46. The van der Waals surface area contributed by atoms with Crippen molar-refractivity contribution in [1.82, 2.24) is 15.1 Å².